The van der Waals surface area contributed by atoms with Crippen molar-refractivity contribution in [3.63, 3.8) is 0 Å². The van der Waals surface area contributed by atoms with E-state index in [1.165, 1.54) is 36.4 Å². The summed E-state index contributed by atoms with van der Waals surface area (Å²) < 4.78 is 31.7. The molecule has 3 aromatic rings. The normalized spacial score (nSPS) is 10.8. The Labute approximate surface area is 174 Å². The van der Waals surface area contributed by atoms with Gasteiger partial charge in [-0.3, -0.25) is 0 Å². The van der Waals surface area contributed by atoms with Crippen molar-refractivity contribution in [1.29, 1.82) is 0 Å². The second kappa shape index (κ2) is 9.23. The summed E-state index contributed by atoms with van der Waals surface area (Å²) in [5.41, 5.74) is 2.41. The number of amides is 2. The predicted octanol–water partition coefficient (Wildman–Crippen LogP) is 3.86. The summed E-state index contributed by atoms with van der Waals surface area (Å²) in [6, 6.07) is 20.4. The highest BCUT2D eigenvalue weighted by atomic mass is 32.2. The molecule has 2 N–H and O–H groups in total. The third-order valence-corrected chi connectivity index (χ3v) is 5.50. The van der Waals surface area contributed by atoms with Gasteiger partial charge in [-0.15, -0.1) is 0 Å². The second-order valence-electron chi connectivity index (χ2n) is 6.51. The van der Waals surface area contributed by atoms with Crippen LogP contribution in [0.2, 0.25) is 0 Å². The Kier molecular flexibility index (Phi) is 6.48. The van der Waals surface area contributed by atoms with E-state index in [2.05, 4.69) is 5.32 Å². The van der Waals surface area contributed by atoms with Gasteiger partial charge >= 0.3 is 12.0 Å². The van der Waals surface area contributed by atoms with E-state index in [1.54, 1.807) is 12.1 Å². The molecule has 0 spiro atoms. The molecule has 8 heteroatoms. The molecule has 30 heavy (non-hydrogen) atoms. The van der Waals surface area contributed by atoms with Crippen LogP contribution in [-0.2, 0) is 21.4 Å². The summed E-state index contributed by atoms with van der Waals surface area (Å²) in [6.45, 7) is 1.98. The molecule has 154 valence electrons. The lowest BCUT2D eigenvalue weighted by molar-refractivity contribution is 0.0472. The van der Waals surface area contributed by atoms with Gasteiger partial charge in [0.25, 0.3) is 10.0 Å². The Bertz CT molecular complexity index is 1130. The van der Waals surface area contributed by atoms with Crippen molar-refractivity contribution in [1.82, 2.24) is 4.72 Å². The average molecular weight is 424 g/mol. The summed E-state index contributed by atoms with van der Waals surface area (Å²) in [4.78, 5) is 24.2. The average Bonchev–Trinajstić information content (AvgIpc) is 2.73. The minimum absolute atomic E-state index is 0.0141. The lowest BCUT2D eigenvalue weighted by atomic mass is 10.2. The van der Waals surface area contributed by atoms with E-state index in [0.29, 0.717) is 11.3 Å². The van der Waals surface area contributed by atoms with Crippen molar-refractivity contribution < 1.29 is 22.7 Å². The van der Waals surface area contributed by atoms with Crippen LogP contribution in [0.5, 0.6) is 0 Å². The first-order valence-corrected chi connectivity index (χ1v) is 10.5. The molecular weight excluding hydrogens is 404 g/mol. The first-order valence-electron chi connectivity index (χ1n) is 9.05. The van der Waals surface area contributed by atoms with Crippen molar-refractivity contribution in [3.8, 4) is 0 Å². The van der Waals surface area contributed by atoms with Gasteiger partial charge in [-0.2, -0.15) is 0 Å². The maximum atomic E-state index is 12.2. The molecule has 0 saturated heterocycles. The maximum absolute atomic E-state index is 12.2. The zero-order valence-electron chi connectivity index (χ0n) is 16.2. The number of aryl methyl sites for hydroxylation is 1. The van der Waals surface area contributed by atoms with Gasteiger partial charge in [-0.05, 0) is 48.9 Å². The summed E-state index contributed by atoms with van der Waals surface area (Å²) in [7, 11) is -3.99. The number of hydrogen-bond acceptors (Lipinski definition) is 5. The lowest BCUT2D eigenvalue weighted by Gasteiger charge is -2.09. The molecule has 0 atom stereocenters. The molecule has 2 amide bonds. The minimum atomic E-state index is -3.99. The molecule has 0 unspecified atom stereocenters. The van der Waals surface area contributed by atoms with Crippen LogP contribution in [0.15, 0.2) is 83.8 Å². The molecule has 0 aliphatic heterocycles. The van der Waals surface area contributed by atoms with Crippen molar-refractivity contribution in [2.45, 2.75) is 18.4 Å². The molecule has 0 saturated carbocycles. The van der Waals surface area contributed by atoms with Crippen LogP contribution in [0.1, 0.15) is 21.5 Å². The maximum Gasteiger partial charge on any atom is 0.338 e. The van der Waals surface area contributed by atoms with Crippen LogP contribution in [-0.4, -0.2) is 20.4 Å². The van der Waals surface area contributed by atoms with E-state index in [-0.39, 0.29) is 11.5 Å². The third kappa shape index (κ3) is 5.68. The zero-order chi connectivity index (χ0) is 21.6. The van der Waals surface area contributed by atoms with E-state index in [9.17, 15) is 18.0 Å². The number of anilines is 1. The highest BCUT2D eigenvalue weighted by Crippen LogP contribution is 2.13. The first-order chi connectivity index (χ1) is 14.3. The molecule has 7 nitrogen and oxygen atoms in total. The Balaban J connectivity index is 1.56. The van der Waals surface area contributed by atoms with E-state index in [1.807, 2.05) is 42.0 Å². The monoisotopic (exact) mass is 424 g/mol. The van der Waals surface area contributed by atoms with Gasteiger partial charge < -0.3 is 10.1 Å². The van der Waals surface area contributed by atoms with Crippen molar-refractivity contribution in [2.75, 3.05) is 5.32 Å². The number of benzene rings is 3. The number of rotatable bonds is 6. The van der Waals surface area contributed by atoms with Crippen LogP contribution < -0.4 is 10.0 Å². The molecule has 0 heterocycles. The van der Waals surface area contributed by atoms with Gasteiger partial charge in [-0.1, -0.05) is 48.0 Å². The quantitative estimate of drug-likeness (QED) is 0.585. The number of nitrogens with one attached hydrogen (secondary N) is 2. The van der Waals surface area contributed by atoms with Crippen LogP contribution >= 0.6 is 0 Å². The Morgan fingerprint density at radius 2 is 1.50 bits per heavy atom. The zero-order valence-corrected chi connectivity index (χ0v) is 17.0. The van der Waals surface area contributed by atoms with Crippen molar-refractivity contribution in [3.05, 3.63) is 95.6 Å². The molecule has 0 bridgehead atoms. The standard InChI is InChI=1S/C22H20N2O5S/c1-16-7-13-20(14-8-16)30(27,28)24-22(26)23-19-11-9-18(10-12-19)21(25)29-15-17-5-3-2-4-6-17/h2-14H,15H2,1H3,(H2,23,24,26). The predicted molar refractivity (Wildman–Crippen MR) is 113 cm³/mol. The van der Waals surface area contributed by atoms with Gasteiger partial charge in [0.05, 0.1) is 10.5 Å². The SMILES string of the molecule is Cc1ccc(S(=O)(=O)NC(=O)Nc2ccc(C(=O)OCc3ccccc3)cc2)cc1. The number of urea groups is 1. The van der Waals surface area contributed by atoms with Crippen molar-refractivity contribution >= 4 is 27.7 Å². The van der Waals surface area contributed by atoms with E-state index in [4.69, 9.17) is 4.74 Å². The van der Waals surface area contributed by atoms with Gasteiger partial charge in [0.15, 0.2) is 0 Å². The third-order valence-electron chi connectivity index (χ3n) is 4.15. The molecule has 0 aliphatic rings. The van der Waals surface area contributed by atoms with Crippen LogP contribution in [0.25, 0.3) is 0 Å². The van der Waals surface area contributed by atoms with Crippen molar-refractivity contribution in [2.24, 2.45) is 0 Å². The fraction of sp³-hybridized carbons (Fsp3) is 0.0909. The summed E-state index contributed by atoms with van der Waals surface area (Å²) in [5.74, 6) is -0.503. The number of carbonyl (C=O) groups excluding carboxylic acids is 2. The molecule has 3 aromatic carbocycles. The Hall–Kier alpha value is -3.65. The second-order valence-corrected chi connectivity index (χ2v) is 8.19. The van der Waals surface area contributed by atoms with Crippen LogP contribution in [0.3, 0.4) is 0 Å². The summed E-state index contributed by atoms with van der Waals surface area (Å²) >= 11 is 0. The highest BCUT2D eigenvalue weighted by Gasteiger charge is 2.17. The number of sulfonamides is 1. The van der Waals surface area contributed by atoms with Gasteiger partial charge in [0, 0.05) is 5.69 Å². The number of esters is 1. The Morgan fingerprint density at radius 1 is 0.867 bits per heavy atom. The summed E-state index contributed by atoms with van der Waals surface area (Å²) in [6.07, 6.45) is 0. The molecule has 0 radical (unpaired) electrons. The fourth-order valence-corrected chi connectivity index (χ4v) is 3.46. The van der Waals surface area contributed by atoms with Crippen LogP contribution in [0.4, 0.5) is 10.5 Å². The smallest absolute Gasteiger partial charge is 0.338 e. The topological polar surface area (TPSA) is 102 Å². The molecular formula is C22H20N2O5S. The van der Waals surface area contributed by atoms with E-state index >= 15 is 0 Å². The molecule has 0 aromatic heterocycles. The summed E-state index contributed by atoms with van der Waals surface area (Å²) in [5, 5.41) is 2.42. The van der Waals surface area contributed by atoms with Gasteiger partial charge in [0.2, 0.25) is 0 Å². The molecule has 0 fully saturated rings. The Morgan fingerprint density at radius 3 is 2.13 bits per heavy atom. The molecule has 3 rings (SSSR count). The highest BCUT2D eigenvalue weighted by molar-refractivity contribution is 7.90. The largest absolute Gasteiger partial charge is 0.457 e. The van der Waals surface area contributed by atoms with Gasteiger partial charge in [0.1, 0.15) is 6.61 Å². The number of hydrogen-bond donors (Lipinski definition) is 2. The minimum Gasteiger partial charge on any atom is -0.457 e. The van der Waals surface area contributed by atoms with Crippen LogP contribution in [0, 0.1) is 6.92 Å². The molecule has 0 aliphatic carbocycles. The number of carbonyl (C=O) groups is 2. The number of ether oxygens (including phenoxy) is 1. The lowest BCUT2D eigenvalue weighted by Crippen LogP contribution is -2.34. The van der Waals surface area contributed by atoms with Gasteiger partial charge in [-0.25, -0.2) is 22.7 Å². The first kappa shape index (κ1) is 21.1. The van der Waals surface area contributed by atoms with E-state index < -0.39 is 22.0 Å². The fourth-order valence-electron chi connectivity index (χ4n) is 2.55. The van der Waals surface area contributed by atoms with E-state index in [0.717, 1.165) is 11.1 Å².